The number of nitrogens with zero attached hydrogens (tertiary/aromatic N) is 3. The minimum Gasteiger partial charge on any atom is -0.494 e. The van der Waals surface area contributed by atoms with Gasteiger partial charge in [-0.25, -0.2) is 4.79 Å². The number of esters is 1. The van der Waals surface area contributed by atoms with Gasteiger partial charge in [0.2, 0.25) is 17.6 Å². The average Bonchev–Trinajstić information content (AvgIpc) is 3.01. The zero-order valence-electron chi connectivity index (χ0n) is 18.8. The molecule has 9 nitrogen and oxygen atoms in total. The summed E-state index contributed by atoms with van der Waals surface area (Å²) in [5.41, 5.74) is 0.748. The molecule has 2 amide bonds. The Balaban J connectivity index is 1.74. The molecule has 0 atom stereocenters. The van der Waals surface area contributed by atoms with Gasteiger partial charge in [0.15, 0.2) is 0 Å². The van der Waals surface area contributed by atoms with E-state index in [0.717, 1.165) is 11.1 Å². The van der Waals surface area contributed by atoms with E-state index >= 15 is 0 Å². The SMILES string of the molecule is CCOc1ccc(/C=C2/C(=O)N(C=C3C(=O)Oc4ccccc4C3=O)C(=NC(C)=O)N2C)cc1. The predicted octanol–water partition coefficient (Wildman–Crippen LogP) is 2.79. The summed E-state index contributed by atoms with van der Waals surface area (Å²) >= 11 is 0. The molecule has 0 bridgehead atoms. The number of rotatable bonds is 4. The number of hydrogen-bond acceptors (Lipinski definition) is 6. The van der Waals surface area contributed by atoms with E-state index in [4.69, 9.17) is 9.47 Å². The largest absolute Gasteiger partial charge is 0.494 e. The molecular weight excluding hydrogens is 438 g/mol. The molecule has 172 valence electrons. The maximum atomic E-state index is 13.3. The number of para-hydroxylation sites is 1. The molecule has 2 aliphatic rings. The van der Waals surface area contributed by atoms with Crippen LogP contribution in [0.25, 0.3) is 6.08 Å². The standard InChI is InChI=1S/C25H21N3O6/c1-4-33-17-11-9-16(10-12-17)13-20-23(31)28(25(27(20)3)26-15(2)29)14-19-22(30)18-7-5-6-8-21(18)34-24(19)32/h5-14H,4H2,1-3H3/b19-14?,20-13-,26-25?. The summed E-state index contributed by atoms with van der Waals surface area (Å²) in [5.74, 6) is -1.81. The second-order valence-corrected chi connectivity index (χ2v) is 7.45. The molecule has 0 N–H and O–H groups in total. The molecule has 2 aromatic rings. The Morgan fingerprint density at radius 2 is 1.79 bits per heavy atom. The van der Waals surface area contributed by atoms with E-state index in [-0.39, 0.29) is 28.5 Å². The van der Waals surface area contributed by atoms with Crippen molar-refractivity contribution >= 4 is 35.6 Å². The first-order valence-corrected chi connectivity index (χ1v) is 10.5. The molecule has 1 fully saturated rings. The second kappa shape index (κ2) is 9.14. The molecule has 2 aromatic carbocycles. The minimum absolute atomic E-state index is 0.0401. The minimum atomic E-state index is -0.898. The molecule has 2 aliphatic heterocycles. The Kier molecular flexibility index (Phi) is 6.09. The highest BCUT2D eigenvalue weighted by molar-refractivity contribution is 6.28. The van der Waals surface area contributed by atoms with E-state index in [1.54, 1.807) is 49.5 Å². The van der Waals surface area contributed by atoms with Gasteiger partial charge < -0.3 is 14.4 Å². The van der Waals surface area contributed by atoms with E-state index in [1.807, 2.05) is 6.92 Å². The molecule has 0 aromatic heterocycles. The van der Waals surface area contributed by atoms with Crippen LogP contribution in [0.2, 0.25) is 0 Å². The lowest BCUT2D eigenvalue weighted by Crippen LogP contribution is -2.33. The van der Waals surface area contributed by atoms with Gasteiger partial charge in [0.1, 0.15) is 22.8 Å². The monoisotopic (exact) mass is 459 g/mol. The van der Waals surface area contributed by atoms with Crippen molar-refractivity contribution < 1.29 is 28.7 Å². The Morgan fingerprint density at radius 1 is 1.09 bits per heavy atom. The Bertz CT molecular complexity index is 1290. The van der Waals surface area contributed by atoms with Crippen LogP contribution < -0.4 is 9.47 Å². The molecule has 1 saturated heterocycles. The lowest BCUT2D eigenvalue weighted by Gasteiger charge is -2.19. The number of fused-ring (bicyclic) bond motifs is 1. The van der Waals surface area contributed by atoms with Crippen LogP contribution >= 0.6 is 0 Å². The smallest absolute Gasteiger partial charge is 0.349 e. The fraction of sp³-hybridized carbons (Fsp3) is 0.160. The number of hydrogen-bond donors (Lipinski definition) is 0. The van der Waals surface area contributed by atoms with E-state index in [2.05, 4.69) is 4.99 Å². The van der Waals surface area contributed by atoms with Crippen molar-refractivity contribution in [1.29, 1.82) is 0 Å². The maximum absolute atomic E-state index is 13.3. The quantitative estimate of drug-likeness (QED) is 0.300. The maximum Gasteiger partial charge on any atom is 0.349 e. The van der Waals surface area contributed by atoms with Crippen molar-refractivity contribution in [3.63, 3.8) is 0 Å². The lowest BCUT2D eigenvalue weighted by molar-refractivity contribution is -0.130. The van der Waals surface area contributed by atoms with Crippen LogP contribution in [0.5, 0.6) is 11.5 Å². The summed E-state index contributed by atoms with van der Waals surface area (Å²) in [7, 11) is 1.56. The predicted molar refractivity (Wildman–Crippen MR) is 123 cm³/mol. The molecule has 4 rings (SSSR count). The van der Waals surface area contributed by atoms with Crippen LogP contribution in [-0.4, -0.2) is 53.0 Å². The Hall–Kier alpha value is -4.53. The van der Waals surface area contributed by atoms with Crippen molar-refractivity contribution in [3.05, 3.63) is 77.1 Å². The van der Waals surface area contributed by atoms with Gasteiger partial charge in [-0.15, -0.1) is 0 Å². The van der Waals surface area contributed by atoms with Crippen LogP contribution in [0.15, 0.2) is 71.0 Å². The van der Waals surface area contributed by atoms with Gasteiger partial charge in [0.05, 0.1) is 12.2 Å². The number of benzene rings is 2. The van der Waals surface area contributed by atoms with Crippen LogP contribution in [0, 0.1) is 0 Å². The van der Waals surface area contributed by atoms with Crippen molar-refractivity contribution in [1.82, 2.24) is 9.80 Å². The van der Waals surface area contributed by atoms with Crippen molar-refractivity contribution in [3.8, 4) is 11.5 Å². The fourth-order valence-corrected chi connectivity index (χ4v) is 3.53. The van der Waals surface area contributed by atoms with Gasteiger partial charge in [-0.05, 0) is 42.8 Å². The molecule has 0 radical (unpaired) electrons. The molecule has 0 saturated carbocycles. The van der Waals surface area contributed by atoms with Gasteiger partial charge in [-0.1, -0.05) is 24.3 Å². The number of ether oxygens (including phenoxy) is 2. The number of carbonyl (C=O) groups excluding carboxylic acids is 4. The summed E-state index contributed by atoms with van der Waals surface area (Å²) in [6.07, 6.45) is 2.68. The van der Waals surface area contributed by atoms with Crippen molar-refractivity contribution in [2.24, 2.45) is 4.99 Å². The first kappa shape index (κ1) is 22.7. The summed E-state index contributed by atoms with van der Waals surface area (Å²) < 4.78 is 10.7. The number of carbonyl (C=O) groups is 4. The third-order valence-electron chi connectivity index (χ3n) is 5.12. The van der Waals surface area contributed by atoms with Gasteiger partial charge in [0.25, 0.3) is 5.91 Å². The highest BCUT2D eigenvalue weighted by atomic mass is 16.5. The highest BCUT2D eigenvalue weighted by Gasteiger charge is 2.39. The van der Waals surface area contributed by atoms with Crippen molar-refractivity contribution in [2.75, 3.05) is 13.7 Å². The third kappa shape index (κ3) is 4.23. The number of likely N-dealkylation sites (N-methyl/N-ethyl adjacent to an activating group) is 1. The van der Waals surface area contributed by atoms with Crippen LogP contribution in [-0.2, 0) is 14.4 Å². The summed E-state index contributed by atoms with van der Waals surface area (Å²) in [5, 5.41) is 0. The average molecular weight is 459 g/mol. The van der Waals surface area contributed by atoms with Gasteiger partial charge in [-0.3, -0.25) is 19.3 Å². The number of guanidine groups is 1. The van der Waals surface area contributed by atoms with Crippen LogP contribution in [0.4, 0.5) is 0 Å². The van der Waals surface area contributed by atoms with E-state index in [1.165, 1.54) is 24.0 Å². The van der Waals surface area contributed by atoms with Crippen LogP contribution in [0.1, 0.15) is 29.8 Å². The molecule has 0 unspecified atom stereocenters. The van der Waals surface area contributed by atoms with Crippen LogP contribution in [0.3, 0.4) is 0 Å². The van der Waals surface area contributed by atoms with Crippen molar-refractivity contribution in [2.45, 2.75) is 13.8 Å². The summed E-state index contributed by atoms with van der Waals surface area (Å²) in [4.78, 5) is 56.9. The van der Waals surface area contributed by atoms with Gasteiger partial charge >= 0.3 is 5.97 Å². The number of amides is 2. The molecule has 0 aliphatic carbocycles. The second-order valence-electron chi connectivity index (χ2n) is 7.45. The highest BCUT2D eigenvalue weighted by Crippen LogP contribution is 2.30. The van der Waals surface area contributed by atoms with Gasteiger partial charge in [-0.2, -0.15) is 4.99 Å². The zero-order chi connectivity index (χ0) is 24.4. The first-order chi connectivity index (χ1) is 16.3. The molecule has 0 spiro atoms. The van der Waals surface area contributed by atoms with E-state index in [0.29, 0.717) is 17.9 Å². The number of Topliss-reactive ketones (excluding diaryl/α,β-unsaturated/α-hetero) is 1. The molecule has 34 heavy (non-hydrogen) atoms. The van der Waals surface area contributed by atoms with E-state index in [9.17, 15) is 19.2 Å². The molecule has 2 heterocycles. The Labute approximate surface area is 195 Å². The zero-order valence-corrected chi connectivity index (χ0v) is 18.8. The molecular formula is C25H21N3O6. The topological polar surface area (TPSA) is 106 Å². The number of ketones is 1. The summed E-state index contributed by atoms with van der Waals surface area (Å²) in [6.45, 7) is 3.65. The third-order valence-corrected chi connectivity index (χ3v) is 5.12. The van der Waals surface area contributed by atoms with E-state index < -0.39 is 23.6 Å². The Morgan fingerprint density at radius 3 is 2.47 bits per heavy atom. The first-order valence-electron chi connectivity index (χ1n) is 10.5. The summed E-state index contributed by atoms with van der Waals surface area (Å²) in [6, 6.07) is 13.4. The number of aliphatic imine (C=N–C) groups is 1. The lowest BCUT2D eigenvalue weighted by atomic mass is 10.0. The fourth-order valence-electron chi connectivity index (χ4n) is 3.53. The normalized spacial score (nSPS) is 19.1. The molecule has 9 heteroatoms. The van der Waals surface area contributed by atoms with Gasteiger partial charge in [0, 0.05) is 20.2 Å².